The van der Waals surface area contributed by atoms with Crippen molar-refractivity contribution in [2.75, 3.05) is 46.8 Å². The summed E-state index contributed by atoms with van der Waals surface area (Å²) in [6.07, 6.45) is 1.92. The van der Waals surface area contributed by atoms with Crippen LogP contribution in [0, 0.1) is 12.8 Å². The third kappa shape index (κ3) is 5.72. The van der Waals surface area contributed by atoms with E-state index in [1.54, 1.807) is 11.3 Å². The number of piperazine rings is 1. The molecule has 1 aliphatic rings. The van der Waals surface area contributed by atoms with Crippen molar-refractivity contribution in [2.45, 2.75) is 33.4 Å². The zero-order valence-corrected chi connectivity index (χ0v) is 16.5. The number of aryl methyl sites for hydroxylation is 1. The number of likely N-dealkylation sites (N-methyl/N-ethyl adjacent to an activating group) is 1. The molecule has 1 aliphatic heterocycles. The van der Waals surface area contributed by atoms with Crippen molar-refractivity contribution in [2.24, 2.45) is 10.9 Å². The molecule has 1 saturated heterocycles. The van der Waals surface area contributed by atoms with Gasteiger partial charge in [0.2, 0.25) is 0 Å². The molecule has 1 fully saturated rings. The van der Waals surface area contributed by atoms with Crippen molar-refractivity contribution < 1.29 is 0 Å². The third-order valence-corrected chi connectivity index (χ3v) is 5.47. The van der Waals surface area contributed by atoms with Gasteiger partial charge >= 0.3 is 0 Å². The number of aromatic nitrogens is 1. The topological polar surface area (TPSA) is 55.8 Å². The quantitative estimate of drug-likeness (QED) is 0.599. The maximum Gasteiger partial charge on any atom is 0.191 e. The molecule has 6 nitrogen and oxygen atoms in total. The zero-order chi connectivity index (χ0) is 17.5. The second kappa shape index (κ2) is 9.34. The average molecular weight is 353 g/mol. The third-order valence-electron chi connectivity index (χ3n) is 4.55. The van der Waals surface area contributed by atoms with Gasteiger partial charge in [-0.1, -0.05) is 13.8 Å². The molecule has 2 N–H and O–H groups in total. The first-order chi connectivity index (χ1) is 11.5. The molecular formula is C17H32N6S. The highest BCUT2D eigenvalue weighted by Crippen LogP contribution is 2.13. The molecule has 0 aromatic carbocycles. The lowest BCUT2D eigenvalue weighted by Gasteiger charge is -2.40. The molecule has 1 unspecified atom stereocenters. The van der Waals surface area contributed by atoms with E-state index < -0.39 is 0 Å². The van der Waals surface area contributed by atoms with E-state index in [9.17, 15) is 0 Å². The molecule has 1 aromatic heterocycles. The van der Waals surface area contributed by atoms with Crippen LogP contribution in [0.15, 0.2) is 11.2 Å². The van der Waals surface area contributed by atoms with Gasteiger partial charge in [-0.3, -0.25) is 9.89 Å². The maximum absolute atomic E-state index is 4.39. The number of rotatable bonds is 6. The fourth-order valence-electron chi connectivity index (χ4n) is 3.00. The SMILES string of the molecule is CN=C(NCc1ncc(C)s1)NCC(C(C)C)N1CCN(C)CC1. The van der Waals surface area contributed by atoms with Crippen LogP contribution in [0.25, 0.3) is 0 Å². The fraction of sp³-hybridized carbons (Fsp3) is 0.765. The lowest BCUT2D eigenvalue weighted by molar-refractivity contribution is 0.0900. The summed E-state index contributed by atoms with van der Waals surface area (Å²) in [6.45, 7) is 12.9. The van der Waals surface area contributed by atoms with Crippen molar-refractivity contribution in [1.82, 2.24) is 25.4 Å². The summed E-state index contributed by atoms with van der Waals surface area (Å²) in [5, 5.41) is 7.95. The molecule has 1 aromatic rings. The molecule has 0 aliphatic carbocycles. The van der Waals surface area contributed by atoms with Crippen LogP contribution in [0.4, 0.5) is 0 Å². The van der Waals surface area contributed by atoms with Gasteiger partial charge in [-0.15, -0.1) is 11.3 Å². The van der Waals surface area contributed by atoms with E-state index in [-0.39, 0.29) is 0 Å². The van der Waals surface area contributed by atoms with Crippen LogP contribution in [0.3, 0.4) is 0 Å². The monoisotopic (exact) mass is 352 g/mol. The van der Waals surface area contributed by atoms with Crippen molar-refractivity contribution in [3.63, 3.8) is 0 Å². The van der Waals surface area contributed by atoms with Gasteiger partial charge in [-0.05, 0) is 19.9 Å². The number of aliphatic imine (C=N–C) groups is 1. The molecule has 136 valence electrons. The normalized spacial score (nSPS) is 18.8. The Morgan fingerprint density at radius 3 is 2.54 bits per heavy atom. The van der Waals surface area contributed by atoms with Crippen LogP contribution < -0.4 is 10.6 Å². The highest BCUT2D eigenvalue weighted by Gasteiger charge is 2.25. The van der Waals surface area contributed by atoms with Gasteiger partial charge in [0, 0.05) is 56.9 Å². The highest BCUT2D eigenvalue weighted by atomic mass is 32.1. The van der Waals surface area contributed by atoms with Crippen molar-refractivity contribution >= 4 is 17.3 Å². The lowest BCUT2D eigenvalue weighted by atomic mass is 10.0. The van der Waals surface area contributed by atoms with Gasteiger partial charge in [-0.2, -0.15) is 0 Å². The van der Waals surface area contributed by atoms with Crippen LogP contribution in [0.2, 0.25) is 0 Å². The van der Waals surface area contributed by atoms with Crippen LogP contribution in [-0.2, 0) is 6.54 Å². The van der Waals surface area contributed by atoms with E-state index in [2.05, 4.69) is 58.2 Å². The molecular weight excluding hydrogens is 320 g/mol. The molecule has 7 heteroatoms. The van der Waals surface area contributed by atoms with E-state index in [1.165, 1.54) is 4.88 Å². The van der Waals surface area contributed by atoms with Crippen LogP contribution in [-0.4, -0.2) is 73.6 Å². The predicted octanol–water partition coefficient (Wildman–Crippen LogP) is 1.39. The number of nitrogens with zero attached hydrogens (tertiary/aromatic N) is 4. The van der Waals surface area contributed by atoms with Gasteiger partial charge in [-0.25, -0.2) is 4.98 Å². The Balaban J connectivity index is 1.82. The highest BCUT2D eigenvalue weighted by molar-refractivity contribution is 7.11. The van der Waals surface area contributed by atoms with Gasteiger partial charge in [0.05, 0.1) is 6.54 Å². The Morgan fingerprint density at radius 2 is 2.00 bits per heavy atom. The number of thiazole rings is 1. The minimum atomic E-state index is 0.527. The second-order valence-corrected chi connectivity index (χ2v) is 8.14. The maximum atomic E-state index is 4.39. The minimum absolute atomic E-state index is 0.527. The molecule has 2 heterocycles. The number of nitrogens with one attached hydrogen (secondary N) is 2. The first-order valence-electron chi connectivity index (χ1n) is 8.78. The summed E-state index contributed by atoms with van der Waals surface area (Å²) < 4.78 is 0. The molecule has 24 heavy (non-hydrogen) atoms. The molecule has 0 saturated carbocycles. The summed E-state index contributed by atoms with van der Waals surface area (Å²) in [5.41, 5.74) is 0. The van der Waals surface area contributed by atoms with E-state index in [1.807, 2.05) is 13.2 Å². The Hall–Kier alpha value is -1.18. The number of hydrogen-bond acceptors (Lipinski definition) is 5. The Morgan fingerprint density at radius 1 is 1.29 bits per heavy atom. The van der Waals surface area contributed by atoms with Crippen molar-refractivity contribution in [3.8, 4) is 0 Å². The van der Waals surface area contributed by atoms with Crippen molar-refractivity contribution in [1.29, 1.82) is 0 Å². The predicted molar refractivity (Wildman–Crippen MR) is 103 cm³/mol. The summed E-state index contributed by atoms with van der Waals surface area (Å²) in [7, 11) is 4.02. The van der Waals surface area contributed by atoms with E-state index >= 15 is 0 Å². The molecule has 0 spiro atoms. The minimum Gasteiger partial charge on any atom is -0.355 e. The smallest absolute Gasteiger partial charge is 0.191 e. The van der Waals surface area contributed by atoms with Crippen LogP contribution in [0.1, 0.15) is 23.7 Å². The molecule has 2 rings (SSSR count). The van der Waals surface area contributed by atoms with E-state index in [0.29, 0.717) is 12.0 Å². The number of guanidine groups is 1. The summed E-state index contributed by atoms with van der Waals surface area (Å²) in [5.74, 6) is 1.46. The first-order valence-corrected chi connectivity index (χ1v) is 9.59. The Kier molecular flexibility index (Phi) is 7.45. The van der Waals surface area contributed by atoms with Gasteiger partial charge < -0.3 is 15.5 Å². The zero-order valence-electron chi connectivity index (χ0n) is 15.7. The van der Waals surface area contributed by atoms with Gasteiger partial charge in [0.25, 0.3) is 0 Å². The molecule has 0 amide bonds. The van der Waals surface area contributed by atoms with Gasteiger partial charge in [0.15, 0.2) is 5.96 Å². The van der Waals surface area contributed by atoms with Crippen LogP contribution >= 0.6 is 11.3 Å². The van der Waals surface area contributed by atoms with E-state index in [4.69, 9.17) is 0 Å². The second-order valence-electron chi connectivity index (χ2n) is 6.82. The number of hydrogen-bond donors (Lipinski definition) is 2. The molecule has 0 radical (unpaired) electrons. The summed E-state index contributed by atoms with van der Waals surface area (Å²) >= 11 is 1.72. The average Bonchev–Trinajstić information content (AvgIpc) is 2.97. The summed E-state index contributed by atoms with van der Waals surface area (Å²) in [4.78, 5) is 15.0. The molecule has 0 bridgehead atoms. The Labute approximate surface area is 150 Å². The lowest BCUT2D eigenvalue weighted by Crippen LogP contribution is -2.55. The molecule has 1 atom stereocenters. The summed E-state index contributed by atoms with van der Waals surface area (Å²) in [6, 6.07) is 0.527. The standard InChI is InChI=1S/C17H32N6S/c1-13(2)15(23-8-6-22(5)7-9-23)11-20-17(18-4)21-12-16-19-10-14(3)24-16/h10,13,15H,6-9,11-12H2,1-5H3,(H2,18,20,21). The van der Waals surface area contributed by atoms with Crippen LogP contribution in [0.5, 0.6) is 0 Å². The fourth-order valence-corrected chi connectivity index (χ4v) is 3.73. The van der Waals surface area contributed by atoms with Gasteiger partial charge in [0.1, 0.15) is 5.01 Å². The van der Waals surface area contributed by atoms with E-state index in [0.717, 1.165) is 50.2 Å². The largest absolute Gasteiger partial charge is 0.355 e. The first kappa shape index (κ1) is 19.1. The Bertz CT molecular complexity index is 519. The van der Waals surface area contributed by atoms with Crippen molar-refractivity contribution in [3.05, 3.63) is 16.1 Å².